The fraction of sp³-hybridized carbons (Fsp3) is 0. The molecule has 0 aliphatic carbocycles. The van der Waals surface area contributed by atoms with E-state index in [4.69, 9.17) is 0 Å². The molecule has 0 fully saturated rings. The second kappa shape index (κ2) is 2.76. The van der Waals surface area contributed by atoms with Crippen molar-refractivity contribution in [1.29, 1.82) is 0 Å². The summed E-state index contributed by atoms with van der Waals surface area (Å²) < 4.78 is 24.2. The van der Waals surface area contributed by atoms with Gasteiger partial charge in [-0.05, 0) is 6.07 Å². The standard InChI is InChI=1S/C7H4N2O5S/c10-7-5-3-4(9(11)12)1-2-6(5)15(13,14)8-7/h1-3H,(H,8,10). The number of sulfonamides is 1. The van der Waals surface area contributed by atoms with Crippen LogP contribution in [0.25, 0.3) is 0 Å². The number of fused-ring (bicyclic) bond motifs is 1. The molecule has 1 N–H and O–H groups in total. The maximum Gasteiger partial charge on any atom is 0.270 e. The van der Waals surface area contributed by atoms with Crippen molar-refractivity contribution in [3.05, 3.63) is 33.9 Å². The van der Waals surface area contributed by atoms with Crippen LogP contribution in [0, 0.1) is 10.1 Å². The third-order valence-electron chi connectivity index (χ3n) is 1.94. The molecule has 0 spiro atoms. The first-order valence-corrected chi connectivity index (χ1v) is 5.26. The summed E-state index contributed by atoms with van der Waals surface area (Å²) in [6, 6.07) is 3.02. The molecular formula is C7H4N2O5S. The lowest BCUT2D eigenvalue weighted by atomic mass is 10.2. The molecule has 1 aliphatic rings. The Hall–Kier alpha value is -1.96. The van der Waals surface area contributed by atoms with Gasteiger partial charge in [0.15, 0.2) is 0 Å². The molecule has 0 atom stereocenters. The van der Waals surface area contributed by atoms with E-state index in [0.29, 0.717) is 0 Å². The highest BCUT2D eigenvalue weighted by Crippen LogP contribution is 2.26. The van der Waals surface area contributed by atoms with Gasteiger partial charge >= 0.3 is 0 Å². The molecule has 0 saturated heterocycles. The first-order valence-electron chi connectivity index (χ1n) is 3.77. The second-order valence-electron chi connectivity index (χ2n) is 2.87. The van der Waals surface area contributed by atoms with Crippen molar-refractivity contribution >= 4 is 21.6 Å². The van der Waals surface area contributed by atoms with Gasteiger partial charge < -0.3 is 0 Å². The minimum absolute atomic E-state index is 0.191. The van der Waals surface area contributed by atoms with E-state index in [-0.39, 0.29) is 16.1 Å². The van der Waals surface area contributed by atoms with E-state index < -0.39 is 20.9 Å². The number of carbonyl (C=O) groups excluding carboxylic acids is 1. The van der Waals surface area contributed by atoms with Crippen LogP contribution in [0.2, 0.25) is 0 Å². The molecule has 0 bridgehead atoms. The lowest BCUT2D eigenvalue weighted by molar-refractivity contribution is -0.384. The van der Waals surface area contributed by atoms with Crippen LogP contribution in [0.1, 0.15) is 10.4 Å². The van der Waals surface area contributed by atoms with E-state index in [1.807, 2.05) is 0 Å². The van der Waals surface area contributed by atoms with Gasteiger partial charge in [-0.25, -0.2) is 13.1 Å². The Balaban J connectivity index is 2.71. The van der Waals surface area contributed by atoms with Crippen molar-refractivity contribution in [3.63, 3.8) is 0 Å². The molecule has 15 heavy (non-hydrogen) atoms. The third kappa shape index (κ3) is 1.34. The van der Waals surface area contributed by atoms with E-state index >= 15 is 0 Å². The van der Waals surface area contributed by atoms with E-state index in [9.17, 15) is 23.3 Å². The molecule has 1 heterocycles. The summed E-state index contributed by atoms with van der Waals surface area (Å²) in [6.07, 6.45) is 0. The van der Waals surface area contributed by atoms with Crippen LogP contribution in [0.3, 0.4) is 0 Å². The minimum Gasteiger partial charge on any atom is -0.268 e. The lowest BCUT2D eigenvalue weighted by Crippen LogP contribution is -2.20. The monoisotopic (exact) mass is 228 g/mol. The average Bonchev–Trinajstić information content (AvgIpc) is 2.37. The highest BCUT2D eigenvalue weighted by molar-refractivity contribution is 7.90. The number of nitrogens with zero attached hydrogens (tertiary/aromatic N) is 1. The molecule has 0 aromatic heterocycles. The summed E-state index contributed by atoms with van der Waals surface area (Å²) in [6.45, 7) is 0. The quantitative estimate of drug-likeness (QED) is 0.539. The summed E-state index contributed by atoms with van der Waals surface area (Å²) in [5.74, 6) is -0.839. The fourth-order valence-electron chi connectivity index (χ4n) is 1.28. The molecule has 8 heteroatoms. The van der Waals surface area contributed by atoms with Crippen LogP contribution in [0.15, 0.2) is 23.1 Å². The summed E-state index contributed by atoms with van der Waals surface area (Å²) in [7, 11) is -3.82. The van der Waals surface area contributed by atoms with Crippen LogP contribution < -0.4 is 4.72 Å². The Morgan fingerprint density at radius 1 is 1.33 bits per heavy atom. The molecule has 7 nitrogen and oxygen atoms in total. The average molecular weight is 228 g/mol. The number of nitro benzene ring substituents is 1. The SMILES string of the molecule is O=C1NS(=O)(=O)c2ccc([N+](=O)[O-])cc21. The van der Waals surface area contributed by atoms with Crippen molar-refractivity contribution in [2.75, 3.05) is 0 Å². The number of nitro groups is 1. The number of amides is 1. The lowest BCUT2D eigenvalue weighted by Gasteiger charge is -1.94. The normalized spacial score (nSPS) is 16.9. The van der Waals surface area contributed by atoms with Gasteiger partial charge in [0.25, 0.3) is 21.6 Å². The summed E-state index contributed by atoms with van der Waals surface area (Å²) in [4.78, 5) is 20.6. The topological polar surface area (TPSA) is 106 Å². The van der Waals surface area contributed by atoms with Gasteiger partial charge in [0.2, 0.25) is 0 Å². The van der Waals surface area contributed by atoms with E-state index in [1.165, 1.54) is 0 Å². The molecule has 2 rings (SSSR count). The fourth-order valence-corrected chi connectivity index (χ4v) is 2.43. The number of non-ortho nitro benzene ring substituents is 1. The number of carbonyl (C=O) groups is 1. The minimum atomic E-state index is -3.82. The maximum absolute atomic E-state index is 11.2. The Morgan fingerprint density at radius 2 is 2.00 bits per heavy atom. The number of hydrogen-bond donors (Lipinski definition) is 1. The van der Waals surface area contributed by atoms with Crippen LogP contribution in [0.4, 0.5) is 5.69 Å². The first kappa shape index (κ1) is 9.59. The molecule has 1 aliphatic heterocycles. The van der Waals surface area contributed by atoms with Gasteiger partial charge in [-0.3, -0.25) is 14.9 Å². The van der Waals surface area contributed by atoms with Crippen LogP contribution in [0.5, 0.6) is 0 Å². The summed E-state index contributed by atoms with van der Waals surface area (Å²) in [5.41, 5.74) is -0.509. The number of rotatable bonds is 1. The molecule has 0 saturated carbocycles. The van der Waals surface area contributed by atoms with Crippen LogP contribution in [-0.2, 0) is 10.0 Å². The van der Waals surface area contributed by atoms with Gasteiger partial charge in [-0.15, -0.1) is 0 Å². The predicted octanol–water partition coefficient (Wildman–Crippen LogP) is 0.0269. The van der Waals surface area contributed by atoms with Crippen molar-refractivity contribution in [2.45, 2.75) is 4.90 Å². The Bertz CT molecular complexity index is 577. The van der Waals surface area contributed by atoms with E-state index in [0.717, 1.165) is 18.2 Å². The zero-order valence-electron chi connectivity index (χ0n) is 7.13. The van der Waals surface area contributed by atoms with Gasteiger partial charge in [0.05, 0.1) is 10.5 Å². The largest absolute Gasteiger partial charge is 0.270 e. The Kier molecular flexibility index (Phi) is 1.77. The highest BCUT2D eigenvalue weighted by atomic mass is 32.2. The van der Waals surface area contributed by atoms with E-state index in [2.05, 4.69) is 0 Å². The van der Waals surface area contributed by atoms with Gasteiger partial charge in [0, 0.05) is 12.1 Å². The van der Waals surface area contributed by atoms with Crippen molar-refractivity contribution in [2.24, 2.45) is 0 Å². The van der Waals surface area contributed by atoms with Crippen molar-refractivity contribution in [3.8, 4) is 0 Å². The van der Waals surface area contributed by atoms with Crippen LogP contribution in [-0.4, -0.2) is 19.2 Å². The molecular weight excluding hydrogens is 224 g/mol. The molecule has 0 unspecified atom stereocenters. The predicted molar refractivity (Wildman–Crippen MR) is 47.7 cm³/mol. The Morgan fingerprint density at radius 3 is 2.60 bits per heavy atom. The smallest absolute Gasteiger partial charge is 0.268 e. The van der Waals surface area contributed by atoms with Gasteiger partial charge in [-0.1, -0.05) is 0 Å². The first-order chi connectivity index (χ1) is 6.92. The zero-order valence-corrected chi connectivity index (χ0v) is 7.95. The van der Waals surface area contributed by atoms with Gasteiger partial charge in [-0.2, -0.15) is 0 Å². The molecule has 1 aromatic rings. The second-order valence-corrected chi connectivity index (χ2v) is 4.52. The Labute approximate surface area is 83.9 Å². The highest BCUT2D eigenvalue weighted by Gasteiger charge is 2.33. The van der Waals surface area contributed by atoms with Crippen LogP contribution >= 0.6 is 0 Å². The number of nitrogens with one attached hydrogen (secondary N) is 1. The third-order valence-corrected chi connectivity index (χ3v) is 3.32. The molecule has 1 amide bonds. The van der Waals surface area contributed by atoms with Crippen molar-refractivity contribution < 1.29 is 18.1 Å². The van der Waals surface area contributed by atoms with Crippen molar-refractivity contribution in [1.82, 2.24) is 4.72 Å². The zero-order chi connectivity index (χ0) is 11.2. The molecule has 0 radical (unpaired) electrons. The maximum atomic E-state index is 11.2. The molecule has 78 valence electrons. The summed E-state index contributed by atoms with van der Waals surface area (Å²) >= 11 is 0. The van der Waals surface area contributed by atoms with E-state index in [1.54, 1.807) is 4.72 Å². The summed E-state index contributed by atoms with van der Waals surface area (Å²) in [5, 5.41) is 10.4. The number of benzene rings is 1. The molecule has 1 aromatic carbocycles. The van der Waals surface area contributed by atoms with Gasteiger partial charge in [0.1, 0.15) is 4.90 Å². The number of hydrogen-bond acceptors (Lipinski definition) is 5.